The largest absolute Gasteiger partial charge is 0.356 e. The lowest BCUT2D eigenvalue weighted by atomic mass is 9.71. The van der Waals surface area contributed by atoms with E-state index in [9.17, 15) is 9.59 Å². The number of rotatable bonds is 5. The molecule has 0 aromatic heterocycles. The zero-order valence-corrected chi connectivity index (χ0v) is 14.6. The third kappa shape index (κ3) is 3.70. The molecule has 4 nitrogen and oxygen atoms in total. The molecular formula is C18H32N2O2. The Morgan fingerprint density at radius 3 is 2.68 bits per heavy atom. The summed E-state index contributed by atoms with van der Waals surface area (Å²) < 4.78 is 0. The Morgan fingerprint density at radius 1 is 1.32 bits per heavy atom. The summed E-state index contributed by atoms with van der Waals surface area (Å²) in [6.07, 6.45) is 7.43. The number of carbonyl (C=O) groups is 2. The number of ketones is 1. The van der Waals surface area contributed by atoms with E-state index in [0.29, 0.717) is 18.4 Å². The minimum absolute atomic E-state index is 0.0337. The van der Waals surface area contributed by atoms with Gasteiger partial charge in [-0.3, -0.25) is 9.59 Å². The van der Waals surface area contributed by atoms with Gasteiger partial charge in [0.2, 0.25) is 5.91 Å². The molecule has 3 atom stereocenters. The highest BCUT2D eigenvalue weighted by atomic mass is 16.2. The Balaban J connectivity index is 1.70. The van der Waals surface area contributed by atoms with Crippen molar-refractivity contribution in [2.45, 2.75) is 84.7 Å². The second-order valence-electron chi connectivity index (χ2n) is 8.30. The second kappa shape index (κ2) is 6.69. The Labute approximate surface area is 134 Å². The van der Waals surface area contributed by atoms with Crippen molar-refractivity contribution in [1.29, 1.82) is 0 Å². The van der Waals surface area contributed by atoms with Gasteiger partial charge in [-0.15, -0.1) is 0 Å². The third-order valence-electron chi connectivity index (χ3n) is 5.38. The topological polar surface area (TPSA) is 58.2 Å². The minimum Gasteiger partial charge on any atom is -0.356 e. The molecule has 0 bridgehead atoms. The lowest BCUT2D eigenvalue weighted by Crippen LogP contribution is -2.39. The monoisotopic (exact) mass is 308 g/mol. The summed E-state index contributed by atoms with van der Waals surface area (Å²) in [5.41, 5.74) is -0.448. The molecular weight excluding hydrogens is 276 g/mol. The summed E-state index contributed by atoms with van der Waals surface area (Å²) in [5.74, 6) is 0.525. The highest BCUT2D eigenvalue weighted by molar-refractivity contribution is 5.92. The van der Waals surface area contributed by atoms with Gasteiger partial charge >= 0.3 is 0 Å². The van der Waals surface area contributed by atoms with Crippen LogP contribution in [0.4, 0.5) is 0 Å². The highest BCUT2D eigenvalue weighted by Gasteiger charge is 2.51. The molecule has 126 valence electrons. The van der Waals surface area contributed by atoms with Crippen LogP contribution in [-0.4, -0.2) is 30.3 Å². The van der Waals surface area contributed by atoms with E-state index in [1.54, 1.807) is 0 Å². The fourth-order valence-electron chi connectivity index (χ4n) is 3.77. The molecule has 0 aromatic rings. The van der Waals surface area contributed by atoms with Crippen molar-refractivity contribution in [1.82, 2.24) is 10.6 Å². The van der Waals surface area contributed by atoms with Gasteiger partial charge in [-0.05, 0) is 32.1 Å². The fraction of sp³-hybridized carbons (Fsp3) is 0.889. The maximum Gasteiger partial charge on any atom is 0.225 e. The first-order valence-corrected chi connectivity index (χ1v) is 8.84. The van der Waals surface area contributed by atoms with Gasteiger partial charge in [-0.25, -0.2) is 0 Å². The predicted molar refractivity (Wildman–Crippen MR) is 88.6 cm³/mol. The van der Waals surface area contributed by atoms with Crippen LogP contribution >= 0.6 is 0 Å². The summed E-state index contributed by atoms with van der Waals surface area (Å²) in [5, 5.41) is 6.54. The molecule has 1 heterocycles. The van der Waals surface area contributed by atoms with Gasteiger partial charge in [0.25, 0.3) is 0 Å². The highest BCUT2D eigenvalue weighted by Crippen LogP contribution is 2.42. The van der Waals surface area contributed by atoms with E-state index >= 15 is 0 Å². The van der Waals surface area contributed by atoms with E-state index in [4.69, 9.17) is 0 Å². The number of carbonyl (C=O) groups excluding carboxylic acids is 2. The summed E-state index contributed by atoms with van der Waals surface area (Å²) >= 11 is 0. The van der Waals surface area contributed by atoms with Crippen LogP contribution in [-0.2, 0) is 9.59 Å². The average Bonchev–Trinajstić information content (AvgIpc) is 2.70. The van der Waals surface area contributed by atoms with Crippen LogP contribution in [0.1, 0.15) is 72.6 Å². The van der Waals surface area contributed by atoms with Gasteiger partial charge in [-0.2, -0.15) is 0 Å². The summed E-state index contributed by atoms with van der Waals surface area (Å²) in [6.45, 7) is 8.62. The van der Waals surface area contributed by atoms with Crippen LogP contribution < -0.4 is 10.6 Å². The van der Waals surface area contributed by atoms with Gasteiger partial charge in [0, 0.05) is 23.4 Å². The molecule has 3 unspecified atom stereocenters. The molecule has 1 amide bonds. The molecule has 1 saturated heterocycles. The Hall–Kier alpha value is -0.900. The lowest BCUT2D eigenvalue weighted by molar-refractivity contribution is -0.129. The number of unbranched alkanes of at least 4 members (excludes halogenated alkanes) is 1. The van der Waals surface area contributed by atoms with Crippen molar-refractivity contribution in [2.24, 2.45) is 10.8 Å². The molecule has 0 spiro atoms. The Morgan fingerprint density at radius 2 is 2.05 bits per heavy atom. The zero-order valence-electron chi connectivity index (χ0n) is 14.6. The first-order valence-electron chi connectivity index (χ1n) is 8.84. The molecule has 4 heteroatoms. The number of fused-ring (bicyclic) bond motifs is 1. The van der Waals surface area contributed by atoms with Crippen molar-refractivity contribution >= 4 is 11.7 Å². The van der Waals surface area contributed by atoms with Crippen LogP contribution in [0.2, 0.25) is 0 Å². The normalized spacial score (nSPS) is 31.9. The molecule has 0 radical (unpaired) electrons. The number of Topliss-reactive ketones (excluding diaryl/α,β-unsaturated/α-hetero) is 1. The van der Waals surface area contributed by atoms with E-state index < -0.39 is 0 Å². The molecule has 1 aliphatic heterocycles. The van der Waals surface area contributed by atoms with E-state index in [1.165, 1.54) is 12.8 Å². The molecule has 1 saturated carbocycles. The average molecular weight is 308 g/mol. The zero-order chi connectivity index (χ0) is 16.4. The predicted octanol–water partition coefficient (Wildman–Crippen LogP) is 2.81. The van der Waals surface area contributed by atoms with Crippen molar-refractivity contribution in [3.8, 4) is 0 Å². The molecule has 22 heavy (non-hydrogen) atoms. The Bertz CT molecular complexity index is 427. The third-order valence-corrected chi connectivity index (χ3v) is 5.38. The minimum atomic E-state index is -0.326. The van der Waals surface area contributed by atoms with Crippen LogP contribution in [0.25, 0.3) is 0 Å². The SMILES string of the molecule is CC(C)(C)C(=O)NCCCCC1NC2CCCCC2(C)C1=O. The first-order chi connectivity index (χ1) is 10.2. The van der Waals surface area contributed by atoms with Gasteiger partial charge in [0.1, 0.15) is 0 Å². The van der Waals surface area contributed by atoms with Crippen LogP contribution in [0.3, 0.4) is 0 Å². The van der Waals surface area contributed by atoms with E-state index in [1.807, 2.05) is 20.8 Å². The maximum atomic E-state index is 12.6. The lowest BCUT2D eigenvalue weighted by Gasteiger charge is -2.33. The number of amides is 1. The maximum absolute atomic E-state index is 12.6. The van der Waals surface area contributed by atoms with Crippen LogP contribution in [0.5, 0.6) is 0 Å². The van der Waals surface area contributed by atoms with Crippen molar-refractivity contribution in [3.05, 3.63) is 0 Å². The molecule has 0 aromatic carbocycles. The number of hydrogen-bond donors (Lipinski definition) is 2. The van der Waals surface area contributed by atoms with E-state index in [2.05, 4.69) is 17.6 Å². The quantitative estimate of drug-likeness (QED) is 0.768. The van der Waals surface area contributed by atoms with E-state index in [-0.39, 0.29) is 22.8 Å². The van der Waals surface area contributed by atoms with Gasteiger partial charge in [-0.1, -0.05) is 40.5 Å². The molecule has 2 aliphatic rings. The van der Waals surface area contributed by atoms with Crippen molar-refractivity contribution in [3.63, 3.8) is 0 Å². The molecule has 2 N–H and O–H groups in total. The van der Waals surface area contributed by atoms with Gasteiger partial charge in [0.15, 0.2) is 5.78 Å². The van der Waals surface area contributed by atoms with Crippen LogP contribution in [0, 0.1) is 10.8 Å². The summed E-state index contributed by atoms with van der Waals surface area (Å²) in [7, 11) is 0. The summed E-state index contributed by atoms with van der Waals surface area (Å²) in [6, 6.07) is 0.422. The Kier molecular flexibility index (Phi) is 5.31. The van der Waals surface area contributed by atoms with Gasteiger partial charge < -0.3 is 10.6 Å². The second-order valence-corrected chi connectivity index (χ2v) is 8.30. The number of hydrogen-bond acceptors (Lipinski definition) is 3. The van der Waals surface area contributed by atoms with E-state index in [0.717, 1.165) is 32.1 Å². The van der Waals surface area contributed by atoms with Crippen molar-refractivity contribution in [2.75, 3.05) is 6.54 Å². The molecule has 2 fully saturated rings. The molecule has 2 rings (SSSR count). The smallest absolute Gasteiger partial charge is 0.225 e. The first kappa shape index (κ1) is 17.5. The van der Waals surface area contributed by atoms with Crippen LogP contribution in [0.15, 0.2) is 0 Å². The number of nitrogens with one attached hydrogen (secondary N) is 2. The molecule has 1 aliphatic carbocycles. The van der Waals surface area contributed by atoms with Crippen molar-refractivity contribution < 1.29 is 9.59 Å². The fourth-order valence-corrected chi connectivity index (χ4v) is 3.77. The van der Waals surface area contributed by atoms with Gasteiger partial charge in [0.05, 0.1) is 6.04 Å². The standard InChI is InChI=1S/C18H32N2O2/c1-17(2,3)16(22)19-12-8-6-9-13-15(21)18(4)11-7-5-10-14(18)20-13/h13-14,20H,5-12H2,1-4H3,(H,19,22). The summed E-state index contributed by atoms with van der Waals surface area (Å²) in [4.78, 5) is 24.4.